The Labute approximate surface area is 91.2 Å². The molecule has 0 saturated carbocycles. The van der Waals surface area contributed by atoms with E-state index in [1.807, 2.05) is 0 Å². The normalized spacial score (nSPS) is 25.9. The van der Waals surface area contributed by atoms with Gasteiger partial charge in [0.1, 0.15) is 5.60 Å². The molecule has 2 N–H and O–H groups in total. The highest BCUT2D eigenvalue weighted by Crippen LogP contribution is 2.23. The van der Waals surface area contributed by atoms with Gasteiger partial charge in [-0.2, -0.15) is 0 Å². The molecule has 84 valence electrons. The van der Waals surface area contributed by atoms with Crippen LogP contribution in [0.5, 0.6) is 0 Å². The van der Waals surface area contributed by atoms with E-state index in [-0.39, 0.29) is 5.69 Å². The van der Waals surface area contributed by atoms with Crippen LogP contribution in [-0.2, 0) is 16.0 Å². The highest BCUT2D eigenvalue weighted by Gasteiger charge is 2.36. The quantitative estimate of drug-likeness (QED) is 0.720. The van der Waals surface area contributed by atoms with Crippen LogP contribution < -0.4 is 5.69 Å². The summed E-state index contributed by atoms with van der Waals surface area (Å²) in [4.78, 5) is 11.4. The minimum absolute atomic E-state index is 0.247. The molecule has 0 spiro atoms. The summed E-state index contributed by atoms with van der Waals surface area (Å²) in [6.45, 7) is 1.57. The van der Waals surface area contributed by atoms with Gasteiger partial charge in [-0.25, -0.2) is 9.89 Å². The Bertz CT molecular complexity index is 413. The van der Waals surface area contributed by atoms with Gasteiger partial charge in [-0.15, -0.1) is 0 Å². The summed E-state index contributed by atoms with van der Waals surface area (Å²) in [6.07, 6.45) is 0.774. The highest BCUT2D eigenvalue weighted by atomic mass is 32.1. The summed E-state index contributed by atoms with van der Waals surface area (Å²) < 4.78 is 12.5. The lowest BCUT2D eigenvalue weighted by Crippen LogP contribution is -2.39. The third-order valence-corrected chi connectivity index (χ3v) is 3.04. The van der Waals surface area contributed by atoms with Crippen molar-refractivity contribution in [2.75, 3.05) is 20.3 Å². The second-order valence-electron chi connectivity index (χ2n) is 3.64. The van der Waals surface area contributed by atoms with E-state index in [0.717, 1.165) is 6.42 Å². The lowest BCUT2D eigenvalue weighted by Gasteiger charge is -2.25. The Morgan fingerprint density at radius 1 is 1.67 bits per heavy atom. The van der Waals surface area contributed by atoms with Gasteiger partial charge in [0.05, 0.1) is 13.2 Å². The third-order valence-electron chi connectivity index (χ3n) is 2.71. The number of ether oxygens (including phenoxy) is 2. The van der Waals surface area contributed by atoms with Gasteiger partial charge in [-0.05, 0) is 12.2 Å². The van der Waals surface area contributed by atoms with E-state index < -0.39 is 5.60 Å². The molecule has 1 atom stereocenters. The first-order valence-corrected chi connectivity index (χ1v) is 5.08. The largest absolute Gasteiger partial charge is 0.378 e. The molecule has 6 nitrogen and oxygen atoms in total. The van der Waals surface area contributed by atoms with E-state index >= 15 is 0 Å². The summed E-state index contributed by atoms with van der Waals surface area (Å²) in [6, 6.07) is 0. The number of aromatic amines is 2. The van der Waals surface area contributed by atoms with Gasteiger partial charge in [-0.1, -0.05) is 0 Å². The number of hydrogen-bond donors (Lipinski definition) is 2. The van der Waals surface area contributed by atoms with E-state index in [2.05, 4.69) is 10.2 Å². The predicted octanol–water partition coefficient (Wildman–Crippen LogP) is 0.0395. The monoisotopic (exact) mass is 231 g/mol. The van der Waals surface area contributed by atoms with Gasteiger partial charge in [0, 0.05) is 20.1 Å². The third kappa shape index (κ3) is 1.90. The molecule has 15 heavy (non-hydrogen) atoms. The Kier molecular flexibility index (Phi) is 2.76. The van der Waals surface area contributed by atoms with Crippen molar-refractivity contribution >= 4 is 12.2 Å². The number of nitrogens with zero attached hydrogens (tertiary/aromatic N) is 1. The maximum Gasteiger partial charge on any atom is 0.342 e. The van der Waals surface area contributed by atoms with Crippen molar-refractivity contribution in [2.45, 2.75) is 18.6 Å². The van der Waals surface area contributed by atoms with Gasteiger partial charge in [-0.3, -0.25) is 9.67 Å². The van der Waals surface area contributed by atoms with Crippen LogP contribution >= 0.6 is 12.2 Å². The second kappa shape index (κ2) is 3.92. The number of aromatic nitrogens is 3. The van der Waals surface area contributed by atoms with Crippen LogP contribution in [0.15, 0.2) is 4.79 Å². The number of rotatable bonds is 3. The van der Waals surface area contributed by atoms with Crippen LogP contribution in [0.2, 0.25) is 0 Å². The molecular weight excluding hydrogens is 218 g/mol. The molecule has 0 aliphatic carbocycles. The number of hydrogen-bond acceptors (Lipinski definition) is 4. The van der Waals surface area contributed by atoms with Crippen molar-refractivity contribution in [1.29, 1.82) is 0 Å². The van der Waals surface area contributed by atoms with E-state index in [9.17, 15) is 4.79 Å². The smallest absolute Gasteiger partial charge is 0.342 e. The van der Waals surface area contributed by atoms with Crippen molar-refractivity contribution < 1.29 is 9.47 Å². The van der Waals surface area contributed by atoms with E-state index in [4.69, 9.17) is 21.7 Å². The molecule has 1 fully saturated rings. The zero-order valence-corrected chi connectivity index (χ0v) is 9.23. The fraction of sp³-hybridized carbons (Fsp3) is 0.750. The average molecular weight is 231 g/mol. The van der Waals surface area contributed by atoms with Gasteiger partial charge in [0.2, 0.25) is 0 Å². The molecule has 0 bridgehead atoms. The van der Waals surface area contributed by atoms with Crippen LogP contribution in [0.25, 0.3) is 0 Å². The first-order valence-electron chi connectivity index (χ1n) is 4.67. The summed E-state index contributed by atoms with van der Waals surface area (Å²) >= 11 is 4.98. The predicted molar refractivity (Wildman–Crippen MR) is 55.4 cm³/mol. The minimum Gasteiger partial charge on any atom is -0.378 e. The van der Waals surface area contributed by atoms with E-state index in [1.54, 1.807) is 7.11 Å². The molecule has 1 unspecified atom stereocenters. The molecule has 0 radical (unpaired) electrons. The van der Waals surface area contributed by atoms with Gasteiger partial charge < -0.3 is 9.47 Å². The Hall–Kier alpha value is -0.920. The SMILES string of the molecule is COC1(Cn2c(=O)[nH][nH]c2=S)CCOC1. The topological polar surface area (TPSA) is 72.0 Å². The molecular formula is C8H13N3O3S. The Balaban J connectivity index is 2.27. The summed E-state index contributed by atoms with van der Waals surface area (Å²) in [5, 5.41) is 5.03. The maximum absolute atomic E-state index is 11.4. The standard InChI is InChI=1S/C8H13N3O3S/c1-13-8(2-3-14-5-8)4-11-6(12)9-10-7(11)15/h2-5H2,1H3,(H,9,12)(H,10,15). The van der Waals surface area contributed by atoms with Crippen molar-refractivity contribution in [1.82, 2.24) is 14.8 Å². The Morgan fingerprint density at radius 2 is 2.47 bits per heavy atom. The van der Waals surface area contributed by atoms with Crippen LogP contribution in [0.3, 0.4) is 0 Å². The molecule has 1 aromatic rings. The lowest BCUT2D eigenvalue weighted by atomic mass is 10.0. The first kappa shape index (κ1) is 10.6. The fourth-order valence-electron chi connectivity index (χ4n) is 1.70. The molecule has 0 amide bonds. The Morgan fingerprint density at radius 3 is 2.93 bits per heavy atom. The summed E-state index contributed by atoms with van der Waals surface area (Å²) in [5.74, 6) is 0. The van der Waals surface area contributed by atoms with Crippen LogP contribution in [0.4, 0.5) is 0 Å². The molecule has 1 saturated heterocycles. The molecule has 7 heteroatoms. The molecule has 2 heterocycles. The zero-order valence-electron chi connectivity index (χ0n) is 8.41. The average Bonchev–Trinajstić information content (AvgIpc) is 2.81. The van der Waals surface area contributed by atoms with Gasteiger partial charge in [0.15, 0.2) is 4.77 Å². The molecule has 1 aromatic heterocycles. The van der Waals surface area contributed by atoms with Crippen molar-refractivity contribution in [3.63, 3.8) is 0 Å². The van der Waals surface area contributed by atoms with Crippen molar-refractivity contribution in [3.8, 4) is 0 Å². The lowest BCUT2D eigenvalue weighted by molar-refractivity contribution is -0.0303. The highest BCUT2D eigenvalue weighted by molar-refractivity contribution is 7.71. The maximum atomic E-state index is 11.4. The van der Waals surface area contributed by atoms with Crippen LogP contribution in [0, 0.1) is 4.77 Å². The minimum atomic E-state index is -0.423. The molecule has 0 aromatic carbocycles. The van der Waals surface area contributed by atoms with Crippen molar-refractivity contribution in [2.24, 2.45) is 0 Å². The molecule has 2 rings (SSSR count). The first-order chi connectivity index (χ1) is 7.17. The van der Waals surface area contributed by atoms with E-state index in [0.29, 0.717) is 24.5 Å². The van der Waals surface area contributed by atoms with Crippen LogP contribution in [-0.4, -0.2) is 40.7 Å². The van der Waals surface area contributed by atoms with E-state index in [1.165, 1.54) is 4.57 Å². The molecule has 1 aliphatic heterocycles. The summed E-state index contributed by atoms with van der Waals surface area (Å²) in [7, 11) is 1.62. The van der Waals surface area contributed by atoms with Crippen LogP contribution in [0.1, 0.15) is 6.42 Å². The molecule has 1 aliphatic rings. The zero-order chi connectivity index (χ0) is 10.9. The fourth-order valence-corrected chi connectivity index (χ4v) is 1.90. The second-order valence-corrected chi connectivity index (χ2v) is 4.02. The summed E-state index contributed by atoms with van der Waals surface area (Å²) in [5.41, 5.74) is -0.670. The number of H-pyrrole nitrogens is 2. The van der Waals surface area contributed by atoms with Crippen molar-refractivity contribution in [3.05, 3.63) is 15.3 Å². The van der Waals surface area contributed by atoms with Gasteiger partial charge in [0.25, 0.3) is 0 Å². The van der Waals surface area contributed by atoms with Gasteiger partial charge >= 0.3 is 5.69 Å². The number of nitrogens with one attached hydrogen (secondary N) is 2. The number of methoxy groups -OCH3 is 1.